The van der Waals surface area contributed by atoms with Crippen LogP contribution in [0.5, 0.6) is 0 Å². The van der Waals surface area contributed by atoms with E-state index < -0.39 is 13.0 Å². The Labute approximate surface area is 93.5 Å². The molecule has 0 aromatic carbocycles. The number of hydrogen-bond acceptors (Lipinski definition) is 3. The molecule has 3 nitrogen and oxygen atoms in total. The molecule has 1 heterocycles. The molecule has 0 saturated carbocycles. The Balaban J connectivity index is 1.98. The van der Waals surface area contributed by atoms with Crippen molar-refractivity contribution in [3.63, 3.8) is 0 Å². The fourth-order valence-electron chi connectivity index (χ4n) is 1.57. The molecule has 1 saturated heterocycles. The van der Waals surface area contributed by atoms with Gasteiger partial charge in [-0.1, -0.05) is 6.92 Å². The van der Waals surface area contributed by atoms with E-state index in [0.29, 0.717) is 6.04 Å². The molecule has 0 aromatic heterocycles. The van der Waals surface area contributed by atoms with Crippen LogP contribution in [-0.2, 0) is 9.47 Å². The van der Waals surface area contributed by atoms with Gasteiger partial charge >= 0.3 is 6.36 Å². The second kappa shape index (κ2) is 5.84. The van der Waals surface area contributed by atoms with E-state index >= 15 is 0 Å². The first-order chi connectivity index (χ1) is 7.42. The summed E-state index contributed by atoms with van der Waals surface area (Å²) in [7, 11) is 0. The summed E-state index contributed by atoms with van der Waals surface area (Å²) >= 11 is 0. The van der Waals surface area contributed by atoms with Gasteiger partial charge in [-0.2, -0.15) is 0 Å². The van der Waals surface area contributed by atoms with E-state index in [2.05, 4.69) is 23.5 Å². The first-order valence-electron chi connectivity index (χ1n) is 5.48. The number of alkyl halides is 3. The number of likely N-dealkylation sites (tertiary alicyclic amines) is 1. The fraction of sp³-hybridized carbons (Fsp3) is 1.00. The summed E-state index contributed by atoms with van der Waals surface area (Å²) in [4.78, 5) is 2.25. The predicted octanol–water partition coefficient (Wildman–Crippen LogP) is 2.02. The van der Waals surface area contributed by atoms with Crippen LogP contribution < -0.4 is 0 Å². The van der Waals surface area contributed by atoms with E-state index in [9.17, 15) is 13.2 Å². The van der Waals surface area contributed by atoms with Crippen LogP contribution >= 0.6 is 0 Å². The van der Waals surface area contributed by atoms with Gasteiger partial charge in [0, 0.05) is 19.1 Å². The summed E-state index contributed by atoms with van der Waals surface area (Å²) in [5, 5.41) is 0. The normalized spacial score (nSPS) is 20.8. The van der Waals surface area contributed by atoms with Crippen LogP contribution in [0.2, 0.25) is 0 Å². The van der Waals surface area contributed by atoms with E-state index in [-0.39, 0.29) is 12.7 Å². The van der Waals surface area contributed by atoms with Crippen molar-refractivity contribution in [3.8, 4) is 0 Å². The van der Waals surface area contributed by atoms with Crippen molar-refractivity contribution < 1.29 is 22.6 Å². The van der Waals surface area contributed by atoms with Crippen LogP contribution in [0.1, 0.15) is 20.3 Å². The van der Waals surface area contributed by atoms with Gasteiger partial charge in [-0.05, 0) is 13.3 Å². The monoisotopic (exact) mass is 241 g/mol. The van der Waals surface area contributed by atoms with Crippen molar-refractivity contribution in [1.82, 2.24) is 4.90 Å². The van der Waals surface area contributed by atoms with Gasteiger partial charge in [0.15, 0.2) is 0 Å². The maximum atomic E-state index is 11.6. The van der Waals surface area contributed by atoms with E-state index in [1.54, 1.807) is 0 Å². The van der Waals surface area contributed by atoms with Crippen LogP contribution in [-0.4, -0.2) is 49.7 Å². The summed E-state index contributed by atoms with van der Waals surface area (Å²) < 4.78 is 43.6. The number of rotatable bonds is 6. The highest BCUT2D eigenvalue weighted by Crippen LogP contribution is 2.18. The molecule has 1 unspecified atom stereocenters. The zero-order valence-corrected chi connectivity index (χ0v) is 9.59. The van der Waals surface area contributed by atoms with Crippen LogP contribution in [0.4, 0.5) is 13.2 Å². The van der Waals surface area contributed by atoms with E-state index in [1.165, 1.54) is 0 Å². The lowest BCUT2D eigenvalue weighted by Gasteiger charge is -2.42. The van der Waals surface area contributed by atoms with Crippen molar-refractivity contribution in [1.29, 1.82) is 0 Å². The smallest absolute Gasteiger partial charge is 0.373 e. The minimum atomic E-state index is -4.55. The average Bonchev–Trinajstić information content (AvgIpc) is 2.12. The Morgan fingerprint density at radius 1 is 1.31 bits per heavy atom. The Morgan fingerprint density at radius 2 is 1.94 bits per heavy atom. The molecule has 0 radical (unpaired) electrons. The molecule has 1 rings (SSSR count). The Bertz CT molecular complexity index is 205. The number of halogens is 3. The molecule has 0 N–H and O–H groups in total. The molecule has 1 atom stereocenters. The van der Waals surface area contributed by atoms with Crippen molar-refractivity contribution in [3.05, 3.63) is 0 Å². The average molecular weight is 241 g/mol. The van der Waals surface area contributed by atoms with E-state index in [4.69, 9.17) is 4.74 Å². The second-order valence-electron chi connectivity index (χ2n) is 4.00. The Kier molecular flexibility index (Phi) is 5.01. The van der Waals surface area contributed by atoms with Gasteiger partial charge in [0.2, 0.25) is 0 Å². The van der Waals surface area contributed by atoms with Crippen molar-refractivity contribution >= 4 is 0 Å². The van der Waals surface area contributed by atoms with Crippen LogP contribution in [0, 0.1) is 0 Å². The zero-order chi connectivity index (χ0) is 12.2. The molecular weight excluding hydrogens is 223 g/mol. The topological polar surface area (TPSA) is 21.7 Å². The SMILES string of the molecule is CCC(C)N1CC(OCCOC(F)(F)F)C1. The van der Waals surface area contributed by atoms with Crippen molar-refractivity contribution in [2.24, 2.45) is 0 Å². The summed E-state index contributed by atoms with van der Waals surface area (Å²) in [5.74, 6) is 0. The zero-order valence-electron chi connectivity index (χ0n) is 9.59. The lowest BCUT2D eigenvalue weighted by Crippen LogP contribution is -2.55. The highest BCUT2D eigenvalue weighted by atomic mass is 19.4. The molecule has 1 fully saturated rings. The van der Waals surface area contributed by atoms with Crippen molar-refractivity contribution in [2.45, 2.75) is 38.8 Å². The summed E-state index contributed by atoms with van der Waals surface area (Å²) in [5.41, 5.74) is 0. The summed E-state index contributed by atoms with van der Waals surface area (Å²) in [6.45, 7) is 5.42. The minimum Gasteiger partial charge on any atom is -0.373 e. The quantitative estimate of drug-likeness (QED) is 0.664. The van der Waals surface area contributed by atoms with Crippen LogP contribution in [0.25, 0.3) is 0 Å². The molecular formula is C10H18F3NO2. The molecule has 0 aromatic rings. The second-order valence-corrected chi connectivity index (χ2v) is 4.00. The minimum absolute atomic E-state index is 0.00147. The van der Waals surface area contributed by atoms with Crippen LogP contribution in [0.15, 0.2) is 0 Å². The molecule has 0 aliphatic carbocycles. The first-order valence-corrected chi connectivity index (χ1v) is 5.48. The third-order valence-electron chi connectivity index (χ3n) is 2.79. The fourth-order valence-corrected chi connectivity index (χ4v) is 1.57. The molecule has 0 bridgehead atoms. The van der Waals surface area contributed by atoms with Crippen LogP contribution in [0.3, 0.4) is 0 Å². The molecule has 0 spiro atoms. The third kappa shape index (κ3) is 4.67. The highest BCUT2D eigenvalue weighted by Gasteiger charge is 2.31. The maximum Gasteiger partial charge on any atom is 0.522 e. The van der Waals surface area contributed by atoms with E-state index in [0.717, 1.165) is 19.5 Å². The molecule has 16 heavy (non-hydrogen) atoms. The van der Waals surface area contributed by atoms with Crippen molar-refractivity contribution in [2.75, 3.05) is 26.3 Å². The number of hydrogen-bond donors (Lipinski definition) is 0. The molecule has 0 amide bonds. The Morgan fingerprint density at radius 3 is 2.44 bits per heavy atom. The number of nitrogens with zero attached hydrogens (tertiary/aromatic N) is 1. The predicted molar refractivity (Wildman–Crippen MR) is 53.1 cm³/mol. The van der Waals surface area contributed by atoms with Gasteiger partial charge in [0.25, 0.3) is 0 Å². The number of ether oxygens (including phenoxy) is 2. The van der Waals surface area contributed by atoms with Gasteiger partial charge in [-0.3, -0.25) is 9.64 Å². The summed E-state index contributed by atoms with van der Waals surface area (Å²) in [6.07, 6.45) is -3.42. The largest absolute Gasteiger partial charge is 0.522 e. The highest BCUT2D eigenvalue weighted by molar-refractivity contribution is 4.83. The lowest BCUT2D eigenvalue weighted by molar-refractivity contribution is -0.328. The van der Waals surface area contributed by atoms with Gasteiger partial charge in [-0.15, -0.1) is 13.2 Å². The lowest BCUT2D eigenvalue weighted by atomic mass is 10.1. The van der Waals surface area contributed by atoms with E-state index in [1.807, 2.05) is 0 Å². The van der Waals surface area contributed by atoms with Gasteiger partial charge in [0.1, 0.15) is 0 Å². The third-order valence-corrected chi connectivity index (χ3v) is 2.79. The van der Waals surface area contributed by atoms with Gasteiger partial charge in [0.05, 0.1) is 19.3 Å². The molecule has 1 aliphatic rings. The first kappa shape index (κ1) is 13.7. The molecule has 6 heteroatoms. The Hall–Kier alpha value is -0.330. The standard InChI is InChI=1S/C10H18F3NO2/c1-3-8(2)14-6-9(7-14)15-4-5-16-10(11,12)13/h8-9H,3-7H2,1-2H3. The molecule has 1 aliphatic heterocycles. The van der Waals surface area contributed by atoms with Gasteiger partial charge < -0.3 is 4.74 Å². The summed E-state index contributed by atoms with van der Waals surface area (Å²) in [6, 6.07) is 0.520. The van der Waals surface area contributed by atoms with Gasteiger partial charge in [-0.25, -0.2) is 0 Å². The molecule has 96 valence electrons. The maximum absolute atomic E-state index is 11.6.